The standard InChI is InChI=1S/C54H48N2/c1-33-15-27-47-45-31-37(21-29-49(45)55(53(33,47)3)39-11-7-5-8-12-39)41-23-17-35-20-26-44-42(24-18-36-19-25-43(41)51(35)52(36)44)38-22-30-50-46(32-38)48-28-16-34(2)54(48,4)56(50)40-13-9-6-10-14-40/h5-14,17-26,29-34,47-48H,15-16,27-28H2,1-4H3. The van der Waals surface area contributed by atoms with Crippen LogP contribution in [0.4, 0.5) is 22.7 Å². The van der Waals surface area contributed by atoms with Gasteiger partial charge in [-0.2, -0.15) is 0 Å². The predicted octanol–water partition coefficient (Wildman–Crippen LogP) is 14.8. The number of fused-ring (bicyclic) bond motifs is 6. The molecule has 8 aromatic rings. The molecular formula is C54H48N2. The summed E-state index contributed by atoms with van der Waals surface area (Å²) in [5.74, 6) is 2.28. The van der Waals surface area contributed by atoms with Gasteiger partial charge in [0.15, 0.2) is 0 Å². The maximum atomic E-state index is 2.67. The van der Waals surface area contributed by atoms with Crippen LogP contribution in [0.25, 0.3) is 54.6 Å². The summed E-state index contributed by atoms with van der Waals surface area (Å²) in [5.41, 5.74) is 13.9. The highest BCUT2D eigenvalue weighted by atomic mass is 15.3. The third-order valence-electron chi connectivity index (χ3n) is 15.7. The van der Waals surface area contributed by atoms with Crippen molar-refractivity contribution in [3.05, 3.63) is 157 Å². The fourth-order valence-corrected chi connectivity index (χ4v) is 12.6. The Balaban J connectivity index is 1.00. The molecule has 2 fully saturated rings. The van der Waals surface area contributed by atoms with Crippen molar-refractivity contribution in [1.29, 1.82) is 0 Å². The van der Waals surface area contributed by atoms with Crippen LogP contribution in [0.3, 0.4) is 0 Å². The van der Waals surface area contributed by atoms with Crippen LogP contribution in [0.2, 0.25) is 0 Å². The zero-order chi connectivity index (χ0) is 37.5. The molecule has 2 heteroatoms. The molecule has 12 rings (SSSR count). The van der Waals surface area contributed by atoms with E-state index >= 15 is 0 Å². The molecule has 0 spiro atoms. The van der Waals surface area contributed by atoms with Crippen molar-refractivity contribution in [2.75, 3.05) is 9.80 Å². The summed E-state index contributed by atoms with van der Waals surface area (Å²) in [6.07, 6.45) is 5.02. The van der Waals surface area contributed by atoms with Gasteiger partial charge < -0.3 is 9.80 Å². The van der Waals surface area contributed by atoms with Crippen molar-refractivity contribution in [2.45, 2.75) is 76.3 Å². The molecule has 2 saturated carbocycles. The molecule has 0 saturated heterocycles. The highest BCUT2D eigenvalue weighted by molar-refractivity contribution is 6.27. The van der Waals surface area contributed by atoms with Crippen molar-refractivity contribution in [3.8, 4) is 22.3 Å². The Labute approximate surface area is 330 Å². The molecule has 4 aliphatic rings. The Bertz CT molecular complexity index is 2660. The molecule has 2 aliphatic heterocycles. The van der Waals surface area contributed by atoms with E-state index < -0.39 is 0 Å². The number of hydrogen-bond donors (Lipinski definition) is 0. The van der Waals surface area contributed by atoms with Crippen LogP contribution in [-0.2, 0) is 0 Å². The third kappa shape index (κ3) is 4.12. The maximum Gasteiger partial charge on any atom is 0.0518 e. The smallest absolute Gasteiger partial charge is 0.0518 e. The van der Waals surface area contributed by atoms with Crippen molar-refractivity contribution in [3.63, 3.8) is 0 Å². The predicted molar refractivity (Wildman–Crippen MR) is 237 cm³/mol. The summed E-state index contributed by atoms with van der Waals surface area (Å²) in [7, 11) is 0. The highest BCUT2D eigenvalue weighted by Crippen LogP contribution is 2.63. The Morgan fingerprint density at radius 1 is 0.446 bits per heavy atom. The number of rotatable bonds is 4. The van der Waals surface area contributed by atoms with Gasteiger partial charge in [0.2, 0.25) is 0 Å². The van der Waals surface area contributed by atoms with Gasteiger partial charge in [-0.15, -0.1) is 0 Å². The average molecular weight is 725 g/mol. The molecule has 56 heavy (non-hydrogen) atoms. The molecule has 0 N–H and O–H groups in total. The number of anilines is 4. The Hall–Kier alpha value is -5.60. The molecule has 0 radical (unpaired) electrons. The molecule has 274 valence electrons. The normalized spacial score (nSPS) is 26.4. The molecule has 0 aromatic heterocycles. The summed E-state index contributed by atoms with van der Waals surface area (Å²) < 4.78 is 0. The second-order valence-corrected chi connectivity index (χ2v) is 18.1. The molecular weight excluding hydrogens is 677 g/mol. The first-order valence-electron chi connectivity index (χ1n) is 21.1. The zero-order valence-corrected chi connectivity index (χ0v) is 32.9. The number of para-hydroxylation sites is 2. The number of hydrogen-bond acceptors (Lipinski definition) is 2. The number of nitrogens with zero attached hydrogens (tertiary/aromatic N) is 2. The van der Waals surface area contributed by atoms with Gasteiger partial charge in [0.1, 0.15) is 0 Å². The Morgan fingerprint density at radius 3 is 1.29 bits per heavy atom. The van der Waals surface area contributed by atoms with Crippen molar-refractivity contribution < 1.29 is 0 Å². The summed E-state index contributed by atoms with van der Waals surface area (Å²) in [6, 6.07) is 55.9. The SMILES string of the molecule is CC1CCC2c3cc(-c4ccc5ccc6c(-c7ccc8c(c7)C7CCC(C)C7(C)N8c7ccccc7)ccc7ccc4c5c76)ccc3N(c3ccccc3)C12C. The quantitative estimate of drug-likeness (QED) is 0.167. The van der Waals surface area contributed by atoms with Crippen LogP contribution < -0.4 is 9.80 Å². The summed E-state index contributed by atoms with van der Waals surface area (Å²) in [4.78, 5) is 5.35. The van der Waals surface area contributed by atoms with Crippen LogP contribution in [0.5, 0.6) is 0 Å². The Kier molecular flexibility index (Phi) is 6.69. The average Bonchev–Trinajstić information content (AvgIpc) is 3.88. The summed E-state index contributed by atoms with van der Waals surface area (Å²) in [6.45, 7) is 9.96. The van der Waals surface area contributed by atoms with Gasteiger partial charge >= 0.3 is 0 Å². The minimum absolute atomic E-state index is 0.0768. The van der Waals surface area contributed by atoms with Gasteiger partial charge in [-0.3, -0.25) is 0 Å². The van der Waals surface area contributed by atoms with Gasteiger partial charge in [0.05, 0.1) is 11.1 Å². The van der Waals surface area contributed by atoms with Gasteiger partial charge in [-0.05, 0) is 166 Å². The van der Waals surface area contributed by atoms with Gasteiger partial charge in [0.25, 0.3) is 0 Å². The first-order chi connectivity index (χ1) is 27.4. The molecule has 0 amide bonds. The fraction of sp³-hybridized carbons (Fsp3) is 0.259. The van der Waals surface area contributed by atoms with Gasteiger partial charge in [-0.25, -0.2) is 0 Å². The first-order valence-corrected chi connectivity index (χ1v) is 21.1. The lowest BCUT2D eigenvalue weighted by atomic mass is 9.81. The number of benzene rings is 8. The fourth-order valence-electron chi connectivity index (χ4n) is 12.6. The van der Waals surface area contributed by atoms with E-state index in [1.54, 1.807) is 0 Å². The van der Waals surface area contributed by atoms with E-state index in [2.05, 4.69) is 183 Å². The lowest BCUT2D eigenvalue weighted by Gasteiger charge is -2.41. The summed E-state index contributed by atoms with van der Waals surface area (Å²) >= 11 is 0. The lowest BCUT2D eigenvalue weighted by Crippen LogP contribution is -2.45. The van der Waals surface area contributed by atoms with Gasteiger partial charge in [0, 0.05) is 34.6 Å². The lowest BCUT2D eigenvalue weighted by molar-refractivity contribution is 0.355. The largest absolute Gasteiger partial charge is 0.334 e. The van der Waals surface area contributed by atoms with Crippen LogP contribution in [0, 0.1) is 11.8 Å². The van der Waals surface area contributed by atoms with Crippen LogP contribution in [0.1, 0.15) is 76.3 Å². The molecule has 0 bridgehead atoms. The first kappa shape index (κ1) is 32.6. The molecule has 2 nitrogen and oxygen atoms in total. The third-order valence-corrected chi connectivity index (χ3v) is 15.7. The van der Waals surface area contributed by atoms with Crippen molar-refractivity contribution >= 4 is 55.1 Å². The molecule has 6 atom stereocenters. The minimum Gasteiger partial charge on any atom is -0.334 e. The molecule has 6 unspecified atom stereocenters. The maximum absolute atomic E-state index is 2.67. The summed E-state index contributed by atoms with van der Waals surface area (Å²) in [5, 5.41) is 8.10. The van der Waals surface area contributed by atoms with E-state index in [0.29, 0.717) is 23.7 Å². The highest BCUT2D eigenvalue weighted by Gasteiger charge is 2.56. The van der Waals surface area contributed by atoms with Crippen molar-refractivity contribution in [1.82, 2.24) is 0 Å². The van der Waals surface area contributed by atoms with E-state index in [1.807, 2.05) is 0 Å². The van der Waals surface area contributed by atoms with E-state index in [9.17, 15) is 0 Å². The molecule has 8 aromatic carbocycles. The second-order valence-electron chi connectivity index (χ2n) is 18.1. The zero-order valence-electron chi connectivity index (χ0n) is 32.9. The van der Waals surface area contributed by atoms with Crippen molar-refractivity contribution in [2.24, 2.45) is 11.8 Å². The minimum atomic E-state index is 0.0768. The van der Waals surface area contributed by atoms with Crippen LogP contribution in [0.15, 0.2) is 146 Å². The van der Waals surface area contributed by atoms with E-state index in [4.69, 9.17) is 0 Å². The monoisotopic (exact) mass is 724 g/mol. The van der Waals surface area contributed by atoms with Gasteiger partial charge in [-0.1, -0.05) is 111 Å². The molecule has 2 aliphatic carbocycles. The Morgan fingerprint density at radius 2 is 0.857 bits per heavy atom. The van der Waals surface area contributed by atoms with Crippen LogP contribution in [-0.4, -0.2) is 11.1 Å². The van der Waals surface area contributed by atoms with E-state index in [1.165, 1.54) is 114 Å². The topological polar surface area (TPSA) is 6.48 Å². The van der Waals surface area contributed by atoms with E-state index in [0.717, 1.165) is 0 Å². The van der Waals surface area contributed by atoms with Crippen LogP contribution >= 0.6 is 0 Å². The van der Waals surface area contributed by atoms with E-state index in [-0.39, 0.29) is 11.1 Å². The molecule has 2 heterocycles. The second kappa shape index (κ2) is 11.5.